The van der Waals surface area contributed by atoms with Crippen LogP contribution >= 0.6 is 0 Å². The van der Waals surface area contributed by atoms with E-state index >= 15 is 0 Å². The molecule has 0 aliphatic carbocycles. The van der Waals surface area contributed by atoms with Gasteiger partial charge in [0.05, 0.1) is 6.61 Å². The first-order valence-electron chi connectivity index (χ1n) is 7.51. The minimum atomic E-state index is 0.596. The molecule has 0 radical (unpaired) electrons. The predicted molar refractivity (Wildman–Crippen MR) is 81.0 cm³/mol. The molecule has 1 aromatic rings. The van der Waals surface area contributed by atoms with Crippen LogP contribution in [0.4, 0.5) is 5.95 Å². The summed E-state index contributed by atoms with van der Waals surface area (Å²) in [5, 5.41) is 3.32. The average Bonchev–Trinajstić information content (AvgIpc) is 2.46. The second kappa shape index (κ2) is 7.55. The van der Waals surface area contributed by atoms with Crippen LogP contribution in [0.25, 0.3) is 0 Å². The maximum Gasteiger partial charge on any atom is 0.225 e. The molecule has 1 aliphatic rings. The van der Waals surface area contributed by atoms with Gasteiger partial charge in [-0.25, -0.2) is 9.97 Å². The van der Waals surface area contributed by atoms with Gasteiger partial charge in [0.15, 0.2) is 0 Å². The highest BCUT2D eigenvalue weighted by Crippen LogP contribution is 2.21. The molecule has 0 saturated carbocycles. The molecular weight excluding hydrogens is 252 g/mol. The Bertz CT molecular complexity index is 422. The number of ether oxygens (including phenoxy) is 1. The van der Waals surface area contributed by atoms with Crippen molar-refractivity contribution in [2.45, 2.75) is 33.2 Å². The molecule has 1 atom stereocenters. The Kier molecular flexibility index (Phi) is 5.73. The minimum Gasteiger partial charge on any atom is -0.384 e. The number of nitrogens with zero attached hydrogens (tertiary/aromatic N) is 3. The Morgan fingerprint density at radius 3 is 3.05 bits per heavy atom. The van der Waals surface area contributed by atoms with Crippen molar-refractivity contribution in [3.05, 3.63) is 17.5 Å². The maximum absolute atomic E-state index is 5.28. The number of methoxy groups -OCH3 is 1. The van der Waals surface area contributed by atoms with Crippen molar-refractivity contribution in [2.24, 2.45) is 5.92 Å². The van der Waals surface area contributed by atoms with Crippen LogP contribution < -0.4 is 10.2 Å². The summed E-state index contributed by atoms with van der Waals surface area (Å²) in [6.45, 7) is 8.85. The van der Waals surface area contributed by atoms with Crippen LogP contribution in [0.2, 0.25) is 0 Å². The van der Waals surface area contributed by atoms with E-state index < -0.39 is 0 Å². The lowest BCUT2D eigenvalue weighted by atomic mass is 9.99. The second-order valence-electron chi connectivity index (χ2n) is 5.47. The Morgan fingerprint density at radius 2 is 2.35 bits per heavy atom. The minimum absolute atomic E-state index is 0.596. The predicted octanol–water partition coefficient (Wildman–Crippen LogP) is 1.76. The topological polar surface area (TPSA) is 50.3 Å². The van der Waals surface area contributed by atoms with E-state index in [-0.39, 0.29) is 0 Å². The van der Waals surface area contributed by atoms with E-state index in [9.17, 15) is 0 Å². The van der Waals surface area contributed by atoms with Crippen molar-refractivity contribution < 1.29 is 4.74 Å². The van der Waals surface area contributed by atoms with Crippen LogP contribution in [-0.2, 0) is 11.3 Å². The van der Waals surface area contributed by atoms with E-state index in [0.29, 0.717) is 5.92 Å². The Morgan fingerprint density at radius 1 is 1.50 bits per heavy atom. The number of nitrogens with one attached hydrogen (secondary N) is 1. The van der Waals surface area contributed by atoms with Crippen LogP contribution in [0.1, 0.15) is 31.0 Å². The van der Waals surface area contributed by atoms with Gasteiger partial charge in [-0.3, -0.25) is 0 Å². The lowest BCUT2D eigenvalue weighted by Crippen LogP contribution is -2.38. The van der Waals surface area contributed by atoms with E-state index in [0.717, 1.165) is 44.4 Å². The number of hydrogen-bond acceptors (Lipinski definition) is 5. The summed E-state index contributed by atoms with van der Waals surface area (Å²) in [6.07, 6.45) is 4.39. The number of anilines is 1. The highest BCUT2D eigenvalue weighted by atomic mass is 16.5. The monoisotopic (exact) mass is 278 g/mol. The molecule has 1 fully saturated rings. The van der Waals surface area contributed by atoms with Crippen molar-refractivity contribution in [3.8, 4) is 0 Å². The number of hydrogen-bond donors (Lipinski definition) is 1. The molecule has 0 aromatic carbocycles. The number of aryl methyl sites for hydroxylation is 1. The zero-order chi connectivity index (χ0) is 14.4. The number of aromatic nitrogens is 2. The molecule has 2 heterocycles. The standard InChI is InChI=1S/C15H26N4O/c1-4-16-8-14-9-17-15(18-12(14)2)19-7-5-6-13(10-19)11-20-3/h9,13,16H,4-8,10-11H2,1-3H3. The van der Waals surface area contributed by atoms with E-state index in [1.807, 2.05) is 6.20 Å². The first-order valence-corrected chi connectivity index (χ1v) is 7.51. The van der Waals surface area contributed by atoms with Gasteiger partial charge in [-0.05, 0) is 32.2 Å². The molecule has 5 heteroatoms. The molecule has 0 bridgehead atoms. The SMILES string of the molecule is CCNCc1cnc(N2CCCC(COC)C2)nc1C. The van der Waals surface area contributed by atoms with E-state index in [1.165, 1.54) is 18.4 Å². The van der Waals surface area contributed by atoms with Crippen molar-refractivity contribution in [1.82, 2.24) is 15.3 Å². The third-order valence-corrected chi connectivity index (χ3v) is 3.84. The van der Waals surface area contributed by atoms with Gasteiger partial charge in [-0.15, -0.1) is 0 Å². The largest absolute Gasteiger partial charge is 0.384 e. The smallest absolute Gasteiger partial charge is 0.225 e. The van der Waals surface area contributed by atoms with E-state index in [2.05, 4.69) is 34.0 Å². The molecule has 5 nitrogen and oxygen atoms in total. The van der Waals surface area contributed by atoms with Crippen molar-refractivity contribution in [1.29, 1.82) is 0 Å². The molecule has 1 aliphatic heterocycles. The van der Waals surface area contributed by atoms with Crippen LogP contribution in [0.3, 0.4) is 0 Å². The molecule has 2 rings (SSSR count). The summed E-state index contributed by atoms with van der Waals surface area (Å²) in [5.74, 6) is 1.46. The number of rotatable bonds is 6. The Labute approximate surface area is 121 Å². The third kappa shape index (κ3) is 3.90. The first-order chi connectivity index (χ1) is 9.74. The summed E-state index contributed by atoms with van der Waals surface area (Å²) in [5.41, 5.74) is 2.26. The fourth-order valence-electron chi connectivity index (χ4n) is 2.68. The fraction of sp³-hybridized carbons (Fsp3) is 0.733. The van der Waals surface area contributed by atoms with Gasteiger partial charge < -0.3 is 15.0 Å². The van der Waals surface area contributed by atoms with Crippen LogP contribution in [-0.4, -0.2) is 43.3 Å². The van der Waals surface area contributed by atoms with Gasteiger partial charge in [0, 0.05) is 44.2 Å². The second-order valence-corrected chi connectivity index (χ2v) is 5.47. The summed E-state index contributed by atoms with van der Waals surface area (Å²) in [4.78, 5) is 11.5. The summed E-state index contributed by atoms with van der Waals surface area (Å²) >= 11 is 0. The fourth-order valence-corrected chi connectivity index (χ4v) is 2.68. The lowest BCUT2D eigenvalue weighted by Gasteiger charge is -2.32. The molecular formula is C15H26N4O. The lowest BCUT2D eigenvalue weighted by molar-refractivity contribution is 0.143. The van der Waals surface area contributed by atoms with Gasteiger partial charge >= 0.3 is 0 Å². The van der Waals surface area contributed by atoms with Gasteiger partial charge in [-0.2, -0.15) is 0 Å². The first kappa shape index (κ1) is 15.2. The molecule has 1 unspecified atom stereocenters. The molecule has 20 heavy (non-hydrogen) atoms. The van der Waals surface area contributed by atoms with Crippen molar-refractivity contribution in [3.63, 3.8) is 0 Å². The summed E-state index contributed by atoms with van der Waals surface area (Å²) in [6, 6.07) is 0. The Balaban J connectivity index is 2.03. The van der Waals surface area contributed by atoms with Crippen LogP contribution in [0, 0.1) is 12.8 Å². The molecule has 112 valence electrons. The average molecular weight is 278 g/mol. The van der Waals surface area contributed by atoms with Gasteiger partial charge in [0.2, 0.25) is 5.95 Å². The summed E-state index contributed by atoms with van der Waals surface area (Å²) < 4.78 is 5.28. The van der Waals surface area contributed by atoms with Crippen molar-refractivity contribution >= 4 is 5.95 Å². The molecule has 0 spiro atoms. The molecule has 1 N–H and O–H groups in total. The Hall–Kier alpha value is -1.20. The molecule has 0 amide bonds. The van der Waals surface area contributed by atoms with Gasteiger partial charge in [0.25, 0.3) is 0 Å². The quantitative estimate of drug-likeness (QED) is 0.859. The van der Waals surface area contributed by atoms with Crippen molar-refractivity contribution in [2.75, 3.05) is 38.3 Å². The van der Waals surface area contributed by atoms with Gasteiger partial charge in [0.1, 0.15) is 0 Å². The van der Waals surface area contributed by atoms with Crippen LogP contribution in [0.15, 0.2) is 6.20 Å². The summed E-state index contributed by atoms with van der Waals surface area (Å²) in [7, 11) is 1.77. The van der Waals surface area contributed by atoms with Crippen LogP contribution in [0.5, 0.6) is 0 Å². The normalized spacial score (nSPS) is 19.4. The molecule has 1 aromatic heterocycles. The highest BCUT2D eigenvalue weighted by molar-refractivity contribution is 5.33. The zero-order valence-corrected chi connectivity index (χ0v) is 12.9. The zero-order valence-electron chi connectivity index (χ0n) is 12.9. The number of piperidine rings is 1. The van der Waals surface area contributed by atoms with E-state index in [1.54, 1.807) is 7.11 Å². The highest BCUT2D eigenvalue weighted by Gasteiger charge is 2.21. The molecule has 1 saturated heterocycles. The third-order valence-electron chi connectivity index (χ3n) is 3.84. The van der Waals surface area contributed by atoms with Gasteiger partial charge in [-0.1, -0.05) is 6.92 Å². The van der Waals surface area contributed by atoms with E-state index in [4.69, 9.17) is 4.74 Å². The maximum atomic E-state index is 5.28.